The molecule has 2 aromatic carbocycles. The van der Waals surface area contributed by atoms with Crippen LogP contribution in [-0.2, 0) is 38.9 Å². The lowest BCUT2D eigenvalue weighted by Gasteiger charge is -2.10. The lowest BCUT2D eigenvalue weighted by atomic mass is 10.1. The quantitative estimate of drug-likeness (QED) is 0.738. The van der Waals surface area contributed by atoms with Crippen LogP contribution in [-0.4, -0.2) is 14.7 Å². The lowest BCUT2D eigenvalue weighted by molar-refractivity contribution is 0.106. The van der Waals surface area contributed by atoms with E-state index in [1.165, 1.54) is 0 Å². The van der Waals surface area contributed by atoms with Gasteiger partial charge in [-0.3, -0.25) is 4.18 Å². The predicted octanol–water partition coefficient (Wildman–Crippen LogP) is 2.88. The number of hydrogen-bond donors (Lipinski definition) is 0. The third kappa shape index (κ3) is 5.67. The van der Waals surface area contributed by atoms with Gasteiger partial charge in [-0.25, -0.2) is 0 Å². The van der Waals surface area contributed by atoms with E-state index >= 15 is 0 Å². The largest absolute Gasteiger partial charge is 0.372 e. The second-order valence-electron chi connectivity index (χ2n) is 4.71. The van der Waals surface area contributed by atoms with Gasteiger partial charge in [0.05, 0.1) is 26.1 Å². The zero-order valence-corrected chi connectivity index (χ0v) is 12.7. The van der Waals surface area contributed by atoms with Crippen LogP contribution in [0.5, 0.6) is 0 Å². The molecule has 0 saturated heterocycles. The van der Waals surface area contributed by atoms with Crippen LogP contribution >= 0.6 is 0 Å². The number of benzene rings is 2. The van der Waals surface area contributed by atoms with Crippen molar-refractivity contribution in [1.82, 2.24) is 0 Å². The maximum atomic E-state index is 11.1. The summed E-state index contributed by atoms with van der Waals surface area (Å²) < 4.78 is 32.6. The van der Waals surface area contributed by atoms with Gasteiger partial charge in [0.2, 0.25) is 0 Å². The maximum Gasteiger partial charge on any atom is 0.264 e. The summed E-state index contributed by atoms with van der Waals surface area (Å²) in [7, 11) is -3.44. The van der Waals surface area contributed by atoms with E-state index in [0.717, 1.165) is 22.9 Å². The molecule has 0 amide bonds. The molecule has 0 bridgehead atoms. The monoisotopic (exact) mass is 306 g/mol. The van der Waals surface area contributed by atoms with Gasteiger partial charge < -0.3 is 4.74 Å². The highest BCUT2D eigenvalue weighted by Crippen LogP contribution is 2.13. The van der Waals surface area contributed by atoms with Crippen LogP contribution in [0.4, 0.5) is 0 Å². The first-order valence-electron chi connectivity index (χ1n) is 6.57. The fraction of sp³-hybridized carbons (Fsp3) is 0.250. The van der Waals surface area contributed by atoms with Crippen LogP contribution in [0.3, 0.4) is 0 Å². The molecular formula is C16H18O4S. The van der Waals surface area contributed by atoms with E-state index in [0.29, 0.717) is 13.2 Å². The summed E-state index contributed by atoms with van der Waals surface area (Å²) in [6.45, 7) is 0.962. The molecule has 0 heterocycles. The molecule has 0 aromatic heterocycles. The first kappa shape index (κ1) is 15.7. The van der Waals surface area contributed by atoms with Gasteiger partial charge in [-0.1, -0.05) is 54.6 Å². The van der Waals surface area contributed by atoms with Crippen LogP contribution in [0.1, 0.15) is 16.7 Å². The molecule has 2 aromatic rings. The Morgan fingerprint density at radius 3 is 2.00 bits per heavy atom. The molecule has 0 spiro atoms. The van der Waals surface area contributed by atoms with Gasteiger partial charge in [-0.05, 0) is 16.7 Å². The Labute approximate surface area is 125 Å². The predicted molar refractivity (Wildman–Crippen MR) is 81.0 cm³/mol. The zero-order valence-electron chi connectivity index (χ0n) is 11.9. The first-order valence-corrected chi connectivity index (χ1v) is 8.39. The lowest BCUT2D eigenvalue weighted by Crippen LogP contribution is -2.05. The summed E-state index contributed by atoms with van der Waals surface area (Å²) in [5.41, 5.74) is 2.84. The molecule has 21 heavy (non-hydrogen) atoms. The van der Waals surface area contributed by atoms with Crippen molar-refractivity contribution in [3.8, 4) is 0 Å². The highest BCUT2D eigenvalue weighted by molar-refractivity contribution is 7.85. The van der Waals surface area contributed by atoms with E-state index in [1.54, 1.807) is 0 Å². The summed E-state index contributed by atoms with van der Waals surface area (Å²) in [6, 6.07) is 17.4. The fourth-order valence-electron chi connectivity index (χ4n) is 1.86. The topological polar surface area (TPSA) is 52.6 Å². The molecule has 0 radical (unpaired) electrons. The van der Waals surface area contributed by atoms with E-state index in [2.05, 4.69) is 0 Å². The molecule has 0 N–H and O–H groups in total. The van der Waals surface area contributed by atoms with Crippen LogP contribution < -0.4 is 0 Å². The van der Waals surface area contributed by atoms with Crippen molar-refractivity contribution in [3.05, 3.63) is 71.3 Å². The second kappa shape index (κ2) is 7.36. The molecule has 112 valence electrons. The summed E-state index contributed by atoms with van der Waals surface area (Å²) in [5.74, 6) is 0. The Kier molecular flexibility index (Phi) is 5.50. The molecule has 0 aliphatic heterocycles. The molecule has 0 saturated carbocycles. The van der Waals surface area contributed by atoms with Crippen molar-refractivity contribution in [2.75, 3.05) is 6.26 Å². The Bertz CT molecular complexity index is 666. The molecular weight excluding hydrogens is 288 g/mol. The van der Waals surface area contributed by atoms with Crippen LogP contribution in [0, 0.1) is 0 Å². The van der Waals surface area contributed by atoms with E-state index in [4.69, 9.17) is 8.92 Å². The number of rotatable bonds is 7. The summed E-state index contributed by atoms with van der Waals surface area (Å²) >= 11 is 0. The van der Waals surface area contributed by atoms with Gasteiger partial charge in [-0.2, -0.15) is 8.42 Å². The van der Waals surface area contributed by atoms with Gasteiger partial charge in [0.25, 0.3) is 10.1 Å². The van der Waals surface area contributed by atoms with Gasteiger partial charge in [0.15, 0.2) is 0 Å². The van der Waals surface area contributed by atoms with Gasteiger partial charge >= 0.3 is 0 Å². The average Bonchev–Trinajstić information content (AvgIpc) is 2.46. The standard InChI is InChI=1S/C16H18O4S/c1-21(17,18)20-13-16-10-6-5-9-15(16)12-19-11-14-7-3-2-4-8-14/h2-10H,11-13H2,1H3. The van der Waals surface area contributed by atoms with Crippen molar-refractivity contribution < 1.29 is 17.3 Å². The van der Waals surface area contributed by atoms with Crippen molar-refractivity contribution in [2.24, 2.45) is 0 Å². The first-order chi connectivity index (χ1) is 10.0. The Balaban J connectivity index is 1.93. The minimum Gasteiger partial charge on any atom is -0.372 e. The Hall–Kier alpha value is -1.69. The molecule has 0 atom stereocenters. The summed E-state index contributed by atoms with van der Waals surface area (Å²) in [5, 5.41) is 0. The van der Waals surface area contributed by atoms with Crippen molar-refractivity contribution >= 4 is 10.1 Å². The molecule has 5 heteroatoms. The van der Waals surface area contributed by atoms with E-state index < -0.39 is 10.1 Å². The van der Waals surface area contributed by atoms with Gasteiger partial charge in [0, 0.05) is 0 Å². The number of ether oxygens (including phenoxy) is 1. The van der Waals surface area contributed by atoms with Crippen molar-refractivity contribution in [2.45, 2.75) is 19.8 Å². The fourth-order valence-corrected chi connectivity index (χ4v) is 2.20. The van der Waals surface area contributed by atoms with Crippen LogP contribution in [0.2, 0.25) is 0 Å². The molecule has 0 unspecified atom stereocenters. The van der Waals surface area contributed by atoms with E-state index in [-0.39, 0.29) is 6.61 Å². The maximum absolute atomic E-state index is 11.1. The van der Waals surface area contributed by atoms with Crippen molar-refractivity contribution in [1.29, 1.82) is 0 Å². The summed E-state index contributed by atoms with van der Waals surface area (Å²) in [4.78, 5) is 0. The van der Waals surface area contributed by atoms with Crippen molar-refractivity contribution in [3.63, 3.8) is 0 Å². The third-order valence-corrected chi connectivity index (χ3v) is 3.46. The molecule has 4 nitrogen and oxygen atoms in total. The third-order valence-electron chi connectivity index (χ3n) is 2.92. The van der Waals surface area contributed by atoms with Crippen LogP contribution in [0.25, 0.3) is 0 Å². The molecule has 2 rings (SSSR count). The average molecular weight is 306 g/mol. The van der Waals surface area contributed by atoms with Gasteiger partial charge in [0.1, 0.15) is 0 Å². The highest BCUT2D eigenvalue weighted by atomic mass is 32.2. The molecule has 0 aliphatic carbocycles. The van der Waals surface area contributed by atoms with E-state index in [9.17, 15) is 8.42 Å². The molecule has 0 aliphatic rings. The van der Waals surface area contributed by atoms with Gasteiger partial charge in [-0.15, -0.1) is 0 Å². The highest BCUT2D eigenvalue weighted by Gasteiger charge is 2.07. The normalized spacial score (nSPS) is 11.5. The Morgan fingerprint density at radius 1 is 0.810 bits per heavy atom. The SMILES string of the molecule is CS(=O)(=O)OCc1ccccc1COCc1ccccc1. The van der Waals surface area contributed by atoms with Crippen LogP contribution in [0.15, 0.2) is 54.6 Å². The smallest absolute Gasteiger partial charge is 0.264 e. The number of hydrogen-bond acceptors (Lipinski definition) is 4. The Morgan fingerprint density at radius 2 is 1.38 bits per heavy atom. The minimum absolute atomic E-state index is 0.0315. The van der Waals surface area contributed by atoms with E-state index in [1.807, 2.05) is 54.6 Å². The summed E-state index contributed by atoms with van der Waals surface area (Å²) in [6.07, 6.45) is 1.04. The molecule has 0 fully saturated rings. The zero-order chi connectivity index (χ0) is 15.1. The minimum atomic E-state index is -3.44. The second-order valence-corrected chi connectivity index (χ2v) is 6.36.